The molecule has 2 atom stereocenters. The molecular formula is C23H27N3O2. The van der Waals surface area contributed by atoms with Crippen molar-refractivity contribution >= 4 is 11.8 Å². The molecule has 146 valence electrons. The van der Waals surface area contributed by atoms with Crippen LogP contribution < -0.4 is 10.6 Å². The second kappa shape index (κ2) is 7.04. The average Bonchev–Trinajstić information content (AvgIpc) is 2.91. The van der Waals surface area contributed by atoms with Crippen molar-refractivity contribution < 1.29 is 9.59 Å². The number of hydrogen-bond acceptors (Lipinski definition) is 3. The minimum atomic E-state index is -0.237. The Labute approximate surface area is 165 Å². The molecule has 2 fully saturated rings. The number of carbonyl (C=O) groups is 2. The topological polar surface area (TPSA) is 71.1 Å². The number of nitrogens with one attached hydrogen (secondary N) is 2. The normalized spacial score (nSPS) is 25.9. The van der Waals surface area contributed by atoms with Crippen molar-refractivity contribution in [3.05, 3.63) is 65.0 Å². The molecule has 0 saturated heterocycles. The van der Waals surface area contributed by atoms with Gasteiger partial charge in [-0.1, -0.05) is 17.7 Å². The summed E-state index contributed by atoms with van der Waals surface area (Å²) < 4.78 is 0. The second-order valence-electron chi connectivity index (χ2n) is 8.62. The van der Waals surface area contributed by atoms with Gasteiger partial charge in [-0.15, -0.1) is 0 Å². The molecule has 2 unspecified atom stereocenters. The van der Waals surface area contributed by atoms with Crippen molar-refractivity contribution in [2.75, 3.05) is 0 Å². The van der Waals surface area contributed by atoms with Gasteiger partial charge in [0, 0.05) is 29.0 Å². The summed E-state index contributed by atoms with van der Waals surface area (Å²) in [5, 5.41) is 6.60. The van der Waals surface area contributed by atoms with E-state index in [4.69, 9.17) is 0 Å². The Morgan fingerprint density at radius 1 is 0.857 bits per heavy atom. The van der Waals surface area contributed by atoms with Crippen LogP contribution in [0, 0.1) is 13.8 Å². The number of hydrogen-bond donors (Lipinski definition) is 2. The SMILES string of the molecule is Cc1cccc(C(=O)NC23CCCC(NC(=O)c4cncc(C)c4)(CC2)C3)c1. The van der Waals surface area contributed by atoms with Crippen LogP contribution in [0.15, 0.2) is 42.7 Å². The maximum atomic E-state index is 12.8. The van der Waals surface area contributed by atoms with E-state index in [9.17, 15) is 9.59 Å². The van der Waals surface area contributed by atoms with Crippen LogP contribution in [-0.2, 0) is 0 Å². The number of aryl methyl sites for hydroxylation is 2. The summed E-state index contributed by atoms with van der Waals surface area (Å²) in [7, 11) is 0. The molecule has 2 aromatic rings. The summed E-state index contributed by atoms with van der Waals surface area (Å²) in [5.41, 5.74) is 2.89. The number of rotatable bonds is 4. The first-order valence-corrected chi connectivity index (χ1v) is 10.0. The molecule has 1 aromatic carbocycles. The number of benzene rings is 1. The lowest BCUT2D eigenvalue weighted by Crippen LogP contribution is -2.55. The molecule has 1 aromatic heterocycles. The Hall–Kier alpha value is -2.69. The number of amides is 2. The van der Waals surface area contributed by atoms with Gasteiger partial charge < -0.3 is 10.6 Å². The Morgan fingerprint density at radius 2 is 1.50 bits per heavy atom. The van der Waals surface area contributed by atoms with Gasteiger partial charge in [0.05, 0.1) is 5.56 Å². The molecule has 1 heterocycles. The number of fused-ring (bicyclic) bond motifs is 2. The first-order valence-electron chi connectivity index (χ1n) is 10.0. The van der Waals surface area contributed by atoms with Gasteiger partial charge in [-0.2, -0.15) is 0 Å². The van der Waals surface area contributed by atoms with Crippen LogP contribution in [0.3, 0.4) is 0 Å². The molecule has 2 N–H and O–H groups in total. The molecule has 0 spiro atoms. The fourth-order valence-electron chi connectivity index (χ4n) is 4.92. The molecule has 0 radical (unpaired) electrons. The van der Waals surface area contributed by atoms with Gasteiger partial charge in [0.15, 0.2) is 0 Å². The molecule has 2 saturated carbocycles. The highest BCUT2D eigenvalue weighted by Crippen LogP contribution is 2.48. The van der Waals surface area contributed by atoms with Gasteiger partial charge in [0.1, 0.15) is 0 Å². The van der Waals surface area contributed by atoms with Crippen molar-refractivity contribution in [1.82, 2.24) is 15.6 Å². The lowest BCUT2D eigenvalue weighted by molar-refractivity contribution is 0.0832. The van der Waals surface area contributed by atoms with Gasteiger partial charge in [0.2, 0.25) is 0 Å². The predicted octanol–water partition coefficient (Wildman–Crippen LogP) is 3.70. The van der Waals surface area contributed by atoms with Gasteiger partial charge >= 0.3 is 0 Å². The van der Waals surface area contributed by atoms with Crippen LogP contribution in [-0.4, -0.2) is 27.9 Å². The summed E-state index contributed by atoms with van der Waals surface area (Å²) in [6.07, 6.45) is 8.88. The number of aromatic nitrogens is 1. The van der Waals surface area contributed by atoms with E-state index >= 15 is 0 Å². The molecule has 2 amide bonds. The Balaban J connectivity index is 1.48. The highest BCUT2D eigenvalue weighted by molar-refractivity contribution is 5.95. The molecule has 5 nitrogen and oxygen atoms in total. The Kier molecular flexibility index (Phi) is 4.69. The summed E-state index contributed by atoms with van der Waals surface area (Å²) in [6, 6.07) is 9.55. The van der Waals surface area contributed by atoms with E-state index in [0.29, 0.717) is 11.1 Å². The van der Waals surface area contributed by atoms with Crippen LogP contribution in [0.2, 0.25) is 0 Å². The lowest BCUT2D eigenvalue weighted by Gasteiger charge is -2.40. The van der Waals surface area contributed by atoms with E-state index in [1.165, 1.54) is 0 Å². The zero-order chi connectivity index (χ0) is 19.8. The van der Waals surface area contributed by atoms with Gasteiger partial charge in [-0.3, -0.25) is 14.6 Å². The van der Waals surface area contributed by atoms with E-state index in [1.54, 1.807) is 12.4 Å². The summed E-state index contributed by atoms with van der Waals surface area (Å²) in [4.78, 5) is 29.8. The molecule has 4 rings (SSSR count). The summed E-state index contributed by atoms with van der Waals surface area (Å²) in [6.45, 7) is 3.93. The quantitative estimate of drug-likeness (QED) is 0.853. The Morgan fingerprint density at radius 3 is 2.14 bits per heavy atom. The van der Waals surface area contributed by atoms with E-state index < -0.39 is 0 Å². The highest BCUT2D eigenvalue weighted by atomic mass is 16.2. The van der Waals surface area contributed by atoms with Gasteiger partial charge in [-0.25, -0.2) is 0 Å². The van der Waals surface area contributed by atoms with Crippen molar-refractivity contribution in [2.45, 2.75) is 63.5 Å². The third kappa shape index (κ3) is 3.66. The standard InChI is InChI=1S/C23H27N3O2/c1-16-5-3-6-18(11-16)20(27)25-22-7-4-8-23(15-22,10-9-22)26-21(28)19-12-17(2)13-24-14-19/h3,5-6,11-14H,4,7-10,15H2,1-2H3,(H,25,27)(H,26,28). The molecular weight excluding hydrogens is 350 g/mol. The van der Waals surface area contributed by atoms with Crippen molar-refractivity contribution in [2.24, 2.45) is 0 Å². The monoisotopic (exact) mass is 377 g/mol. The minimum Gasteiger partial charge on any atom is -0.347 e. The second-order valence-corrected chi connectivity index (χ2v) is 8.62. The molecule has 2 bridgehead atoms. The van der Waals surface area contributed by atoms with Crippen LogP contribution in [0.25, 0.3) is 0 Å². The maximum absolute atomic E-state index is 12.8. The van der Waals surface area contributed by atoms with Crippen molar-refractivity contribution in [1.29, 1.82) is 0 Å². The summed E-state index contributed by atoms with van der Waals surface area (Å²) >= 11 is 0. The van der Waals surface area contributed by atoms with Crippen LogP contribution in [0.4, 0.5) is 0 Å². The third-order valence-electron chi connectivity index (χ3n) is 6.24. The fourth-order valence-corrected chi connectivity index (χ4v) is 4.92. The molecule has 5 heteroatoms. The summed E-state index contributed by atoms with van der Waals surface area (Å²) in [5.74, 6) is -0.0884. The predicted molar refractivity (Wildman–Crippen MR) is 108 cm³/mol. The molecule has 0 aliphatic heterocycles. The average molecular weight is 377 g/mol. The first kappa shape index (κ1) is 18.7. The van der Waals surface area contributed by atoms with E-state index in [1.807, 2.05) is 44.2 Å². The van der Waals surface area contributed by atoms with Gasteiger partial charge in [0.25, 0.3) is 11.8 Å². The van der Waals surface area contributed by atoms with E-state index in [0.717, 1.165) is 49.7 Å². The van der Waals surface area contributed by atoms with Crippen molar-refractivity contribution in [3.8, 4) is 0 Å². The lowest BCUT2D eigenvalue weighted by atomic mass is 9.78. The highest BCUT2D eigenvalue weighted by Gasteiger charge is 2.52. The number of pyridine rings is 1. The molecule has 28 heavy (non-hydrogen) atoms. The largest absolute Gasteiger partial charge is 0.347 e. The minimum absolute atomic E-state index is 0.0180. The number of carbonyl (C=O) groups excluding carboxylic acids is 2. The Bertz CT molecular complexity index is 852. The number of nitrogens with zero attached hydrogens (tertiary/aromatic N) is 1. The van der Waals surface area contributed by atoms with E-state index in [2.05, 4.69) is 15.6 Å². The van der Waals surface area contributed by atoms with Crippen molar-refractivity contribution in [3.63, 3.8) is 0 Å². The van der Waals surface area contributed by atoms with Crippen LogP contribution in [0.1, 0.15) is 70.4 Å². The fraction of sp³-hybridized carbons (Fsp3) is 0.435. The molecule has 2 aliphatic rings. The molecule has 2 aliphatic carbocycles. The third-order valence-corrected chi connectivity index (χ3v) is 6.24. The zero-order valence-electron chi connectivity index (χ0n) is 16.5. The smallest absolute Gasteiger partial charge is 0.253 e. The first-order chi connectivity index (χ1) is 13.4. The van der Waals surface area contributed by atoms with Crippen LogP contribution in [0.5, 0.6) is 0 Å². The van der Waals surface area contributed by atoms with Gasteiger partial charge in [-0.05, 0) is 76.1 Å². The zero-order valence-corrected chi connectivity index (χ0v) is 16.5. The maximum Gasteiger partial charge on any atom is 0.253 e. The van der Waals surface area contributed by atoms with E-state index in [-0.39, 0.29) is 22.9 Å². The van der Waals surface area contributed by atoms with Crippen LogP contribution >= 0.6 is 0 Å².